The van der Waals surface area contributed by atoms with Crippen LogP contribution in [0.1, 0.15) is 23.1 Å². The third kappa shape index (κ3) is 2.70. The van der Waals surface area contributed by atoms with Gasteiger partial charge in [-0.3, -0.25) is 0 Å². The van der Waals surface area contributed by atoms with Gasteiger partial charge in [0.2, 0.25) is 5.95 Å². The number of aryl methyl sites for hydroxylation is 1. The smallest absolute Gasteiger partial charge is 0.354 e. The molecule has 0 amide bonds. The predicted molar refractivity (Wildman–Crippen MR) is 60.4 cm³/mol. The van der Waals surface area contributed by atoms with Crippen LogP contribution >= 0.6 is 0 Å². The van der Waals surface area contributed by atoms with Crippen LogP contribution in [0.5, 0.6) is 0 Å². The average Bonchev–Trinajstić information content (AvgIpc) is 2.24. The van der Waals surface area contributed by atoms with Crippen molar-refractivity contribution in [2.24, 2.45) is 0 Å². The first kappa shape index (κ1) is 12.0. The number of carbonyl (C=O) groups is 1. The molecule has 1 aromatic heterocycles. The Morgan fingerprint density at radius 3 is 2.81 bits per heavy atom. The molecule has 0 radical (unpaired) electrons. The Bertz CT molecular complexity index is 437. The van der Waals surface area contributed by atoms with Crippen LogP contribution in [-0.4, -0.2) is 34.1 Å². The van der Waals surface area contributed by atoms with Crippen LogP contribution in [0.4, 0.5) is 5.95 Å². The number of aromatic carboxylic acids is 1. The lowest BCUT2D eigenvalue weighted by molar-refractivity contribution is 0.0690. The Morgan fingerprint density at radius 1 is 1.62 bits per heavy atom. The summed E-state index contributed by atoms with van der Waals surface area (Å²) in [4.78, 5) is 20.7. The Kier molecular flexibility index (Phi) is 3.84. The Labute approximate surface area is 94.1 Å². The highest BCUT2D eigenvalue weighted by molar-refractivity contribution is 5.85. The second kappa shape index (κ2) is 5.12. The standard InChI is InChI=1S/C11H13N3O2/c1-4-6-14(5-2)11-12-8(3)7-9(13-11)10(15)16/h1,7H,5-6H2,2-3H3,(H,15,16). The molecule has 0 fully saturated rings. The molecule has 0 aliphatic carbocycles. The van der Waals surface area contributed by atoms with Crippen molar-refractivity contribution in [3.63, 3.8) is 0 Å². The Morgan fingerprint density at radius 2 is 2.31 bits per heavy atom. The second-order valence-electron chi connectivity index (χ2n) is 3.22. The van der Waals surface area contributed by atoms with E-state index in [1.54, 1.807) is 11.8 Å². The van der Waals surface area contributed by atoms with E-state index in [9.17, 15) is 4.79 Å². The molecule has 5 nitrogen and oxygen atoms in total. The third-order valence-electron chi connectivity index (χ3n) is 2.01. The summed E-state index contributed by atoms with van der Waals surface area (Å²) >= 11 is 0. The minimum absolute atomic E-state index is 0.0158. The molecule has 0 aliphatic heterocycles. The van der Waals surface area contributed by atoms with E-state index in [0.29, 0.717) is 24.7 Å². The maximum Gasteiger partial charge on any atom is 0.354 e. The summed E-state index contributed by atoms with van der Waals surface area (Å²) in [6.07, 6.45) is 5.21. The van der Waals surface area contributed by atoms with E-state index in [0.717, 1.165) is 0 Å². The number of hydrogen-bond donors (Lipinski definition) is 1. The van der Waals surface area contributed by atoms with Gasteiger partial charge < -0.3 is 10.0 Å². The van der Waals surface area contributed by atoms with Crippen LogP contribution in [0.3, 0.4) is 0 Å². The molecular weight excluding hydrogens is 206 g/mol. The van der Waals surface area contributed by atoms with Crippen molar-refractivity contribution < 1.29 is 9.90 Å². The number of anilines is 1. The maximum atomic E-state index is 10.8. The molecule has 0 aliphatic rings. The molecule has 1 heterocycles. The molecule has 5 heteroatoms. The van der Waals surface area contributed by atoms with Gasteiger partial charge in [0.25, 0.3) is 0 Å². The molecular formula is C11H13N3O2. The maximum absolute atomic E-state index is 10.8. The van der Waals surface area contributed by atoms with E-state index in [4.69, 9.17) is 11.5 Å². The van der Waals surface area contributed by atoms with Gasteiger partial charge in [0.15, 0.2) is 5.69 Å². The van der Waals surface area contributed by atoms with Crippen molar-refractivity contribution in [2.75, 3.05) is 18.0 Å². The summed E-state index contributed by atoms with van der Waals surface area (Å²) in [6.45, 7) is 4.62. The lowest BCUT2D eigenvalue weighted by Gasteiger charge is -2.18. The summed E-state index contributed by atoms with van der Waals surface area (Å²) in [5.74, 6) is 1.78. The topological polar surface area (TPSA) is 66.3 Å². The lowest BCUT2D eigenvalue weighted by atomic mass is 10.3. The number of nitrogens with zero attached hydrogens (tertiary/aromatic N) is 3. The summed E-state index contributed by atoms with van der Waals surface area (Å²) < 4.78 is 0. The first-order chi connectivity index (χ1) is 7.58. The molecule has 16 heavy (non-hydrogen) atoms. The van der Waals surface area contributed by atoms with Crippen molar-refractivity contribution in [1.82, 2.24) is 9.97 Å². The van der Waals surface area contributed by atoms with Crippen molar-refractivity contribution in [1.29, 1.82) is 0 Å². The molecule has 1 rings (SSSR count). The van der Waals surface area contributed by atoms with E-state index in [2.05, 4.69) is 15.9 Å². The fraction of sp³-hybridized carbons (Fsp3) is 0.364. The summed E-state index contributed by atoms with van der Waals surface area (Å²) in [6, 6.07) is 1.43. The minimum atomic E-state index is -1.07. The van der Waals surface area contributed by atoms with E-state index >= 15 is 0 Å². The van der Waals surface area contributed by atoms with Crippen molar-refractivity contribution in [3.8, 4) is 12.3 Å². The third-order valence-corrected chi connectivity index (χ3v) is 2.01. The number of carboxylic acid groups (broad SMARTS) is 1. The SMILES string of the molecule is C#CCN(CC)c1nc(C)cc(C(=O)O)n1. The van der Waals surface area contributed by atoms with Gasteiger partial charge in [-0.1, -0.05) is 5.92 Å². The van der Waals surface area contributed by atoms with Gasteiger partial charge >= 0.3 is 5.97 Å². The number of aromatic nitrogens is 2. The molecule has 1 aromatic rings. The summed E-state index contributed by atoms with van der Waals surface area (Å²) in [5.41, 5.74) is 0.593. The predicted octanol–water partition coefficient (Wildman–Crippen LogP) is 0.943. The fourth-order valence-electron chi connectivity index (χ4n) is 1.24. The lowest BCUT2D eigenvalue weighted by Crippen LogP contribution is -2.26. The molecule has 0 unspecified atom stereocenters. The molecule has 0 spiro atoms. The normalized spacial score (nSPS) is 9.56. The van der Waals surface area contributed by atoms with Crippen LogP contribution in [0.25, 0.3) is 0 Å². The second-order valence-corrected chi connectivity index (χ2v) is 3.22. The summed E-state index contributed by atoms with van der Waals surface area (Å²) in [7, 11) is 0. The monoisotopic (exact) mass is 219 g/mol. The molecule has 0 aromatic carbocycles. The van der Waals surface area contributed by atoms with Crippen molar-refractivity contribution in [2.45, 2.75) is 13.8 Å². The molecule has 0 bridgehead atoms. The van der Waals surface area contributed by atoms with E-state index in [1.165, 1.54) is 6.07 Å². The van der Waals surface area contributed by atoms with E-state index in [1.807, 2.05) is 6.92 Å². The van der Waals surface area contributed by atoms with Gasteiger partial charge in [-0.05, 0) is 19.9 Å². The van der Waals surface area contributed by atoms with Gasteiger partial charge in [-0.2, -0.15) is 0 Å². The van der Waals surface area contributed by atoms with Gasteiger partial charge in [-0.15, -0.1) is 6.42 Å². The number of carboxylic acids is 1. The van der Waals surface area contributed by atoms with Gasteiger partial charge in [0.05, 0.1) is 6.54 Å². The average molecular weight is 219 g/mol. The van der Waals surface area contributed by atoms with Crippen LogP contribution in [-0.2, 0) is 0 Å². The molecule has 0 atom stereocenters. The summed E-state index contributed by atoms with van der Waals surface area (Å²) in [5, 5.41) is 8.87. The van der Waals surface area contributed by atoms with Gasteiger partial charge in [-0.25, -0.2) is 14.8 Å². The van der Waals surface area contributed by atoms with Gasteiger partial charge in [0.1, 0.15) is 0 Å². The zero-order chi connectivity index (χ0) is 12.1. The molecule has 84 valence electrons. The van der Waals surface area contributed by atoms with Crippen LogP contribution in [0.2, 0.25) is 0 Å². The van der Waals surface area contributed by atoms with Crippen LogP contribution < -0.4 is 4.90 Å². The Hall–Kier alpha value is -2.09. The number of rotatable bonds is 4. The zero-order valence-electron chi connectivity index (χ0n) is 9.27. The highest BCUT2D eigenvalue weighted by Crippen LogP contribution is 2.09. The van der Waals surface area contributed by atoms with E-state index < -0.39 is 5.97 Å². The zero-order valence-corrected chi connectivity index (χ0v) is 9.27. The van der Waals surface area contributed by atoms with Crippen molar-refractivity contribution in [3.05, 3.63) is 17.5 Å². The molecule has 0 saturated heterocycles. The Balaban J connectivity index is 3.13. The van der Waals surface area contributed by atoms with Crippen LogP contribution in [0, 0.1) is 19.3 Å². The van der Waals surface area contributed by atoms with E-state index in [-0.39, 0.29) is 5.69 Å². The first-order valence-electron chi connectivity index (χ1n) is 4.85. The van der Waals surface area contributed by atoms with Crippen LogP contribution in [0.15, 0.2) is 6.07 Å². The fourth-order valence-corrected chi connectivity index (χ4v) is 1.24. The van der Waals surface area contributed by atoms with Gasteiger partial charge in [0, 0.05) is 12.2 Å². The number of hydrogen-bond acceptors (Lipinski definition) is 4. The molecule has 1 N–H and O–H groups in total. The van der Waals surface area contributed by atoms with Crippen molar-refractivity contribution >= 4 is 11.9 Å². The quantitative estimate of drug-likeness (QED) is 0.763. The first-order valence-corrected chi connectivity index (χ1v) is 4.85. The highest BCUT2D eigenvalue weighted by Gasteiger charge is 2.12. The highest BCUT2D eigenvalue weighted by atomic mass is 16.4. The largest absolute Gasteiger partial charge is 0.477 e. The minimum Gasteiger partial charge on any atom is -0.477 e. The molecule has 0 saturated carbocycles. The number of terminal acetylenes is 1.